The molecular formula is C15H22N4O. The van der Waals surface area contributed by atoms with E-state index in [9.17, 15) is 4.79 Å². The number of piperidine rings is 1. The summed E-state index contributed by atoms with van der Waals surface area (Å²) in [7, 11) is 0. The maximum Gasteiger partial charge on any atom is 0.228 e. The van der Waals surface area contributed by atoms with Crippen molar-refractivity contribution in [2.24, 2.45) is 0 Å². The molecule has 0 bridgehead atoms. The smallest absolute Gasteiger partial charge is 0.228 e. The van der Waals surface area contributed by atoms with E-state index in [1.54, 1.807) is 0 Å². The molecule has 1 fully saturated rings. The van der Waals surface area contributed by atoms with Crippen molar-refractivity contribution in [1.82, 2.24) is 4.90 Å². The number of amides is 1. The molecule has 1 saturated heterocycles. The van der Waals surface area contributed by atoms with Gasteiger partial charge in [-0.3, -0.25) is 4.79 Å². The molecule has 1 amide bonds. The fourth-order valence-electron chi connectivity index (χ4n) is 3.10. The Morgan fingerprint density at radius 1 is 1.50 bits per heavy atom. The van der Waals surface area contributed by atoms with Crippen molar-refractivity contribution < 1.29 is 4.79 Å². The summed E-state index contributed by atoms with van der Waals surface area (Å²) in [5.41, 5.74) is 9.67. The molecule has 0 aliphatic carbocycles. The predicted octanol–water partition coefficient (Wildman–Crippen LogP) is 1.66. The molecule has 1 aromatic rings. The molecule has 0 spiro atoms. The van der Waals surface area contributed by atoms with E-state index in [2.05, 4.69) is 22.5 Å². The van der Waals surface area contributed by atoms with Crippen molar-refractivity contribution in [1.29, 1.82) is 0 Å². The zero-order chi connectivity index (χ0) is 14.1. The number of rotatable bonds is 3. The van der Waals surface area contributed by atoms with Gasteiger partial charge in [0.25, 0.3) is 0 Å². The van der Waals surface area contributed by atoms with Gasteiger partial charge in [-0.05, 0) is 43.6 Å². The monoisotopic (exact) mass is 274 g/mol. The maximum atomic E-state index is 11.4. The number of hydrogen-bond donors (Lipinski definition) is 3. The van der Waals surface area contributed by atoms with Crippen molar-refractivity contribution >= 4 is 23.0 Å². The standard InChI is InChI=1S/C15H22N4O/c1-2-19-5-3-4-11(9-19)17-14-8-13-10(6-12(14)16)7-15(20)18-13/h6,8,11,17H,2-5,7,9,16H2,1H3,(H,18,20). The van der Waals surface area contributed by atoms with E-state index in [4.69, 9.17) is 5.73 Å². The zero-order valence-electron chi connectivity index (χ0n) is 11.9. The molecular weight excluding hydrogens is 252 g/mol. The Bertz CT molecular complexity index is 529. The number of carbonyl (C=O) groups is 1. The SMILES string of the molecule is CCN1CCCC(Nc2cc3c(cc2N)CC(=O)N3)C1. The van der Waals surface area contributed by atoms with E-state index < -0.39 is 0 Å². The van der Waals surface area contributed by atoms with Crippen LogP contribution in [0.25, 0.3) is 0 Å². The second-order valence-corrected chi connectivity index (χ2v) is 5.70. The lowest BCUT2D eigenvalue weighted by molar-refractivity contribution is -0.115. The second-order valence-electron chi connectivity index (χ2n) is 5.70. The number of likely N-dealkylation sites (tertiary alicyclic amines) is 1. The van der Waals surface area contributed by atoms with Crippen molar-refractivity contribution in [3.05, 3.63) is 17.7 Å². The van der Waals surface area contributed by atoms with Crippen LogP contribution >= 0.6 is 0 Å². The summed E-state index contributed by atoms with van der Waals surface area (Å²) in [6.45, 7) is 5.53. The summed E-state index contributed by atoms with van der Waals surface area (Å²) in [6, 6.07) is 4.32. The number of nitrogens with two attached hydrogens (primary N) is 1. The Balaban J connectivity index is 1.74. The van der Waals surface area contributed by atoms with Gasteiger partial charge in [0.15, 0.2) is 0 Å². The molecule has 0 aromatic heterocycles. The highest BCUT2D eigenvalue weighted by atomic mass is 16.1. The highest BCUT2D eigenvalue weighted by Gasteiger charge is 2.22. The van der Waals surface area contributed by atoms with Crippen LogP contribution in [0.2, 0.25) is 0 Å². The molecule has 1 atom stereocenters. The van der Waals surface area contributed by atoms with Gasteiger partial charge in [-0.2, -0.15) is 0 Å². The van der Waals surface area contributed by atoms with Crippen LogP contribution in [0, 0.1) is 0 Å². The van der Waals surface area contributed by atoms with Gasteiger partial charge in [0, 0.05) is 18.3 Å². The highest BCUT2D eigenvalue weighted by Crippen LogP contribution is 2.32. The number of anilines is 3. The summed E-state index contributed by atoms with van der Waals surface area (Å²) in [5.74, 6) is 0.0476. The molecule has 5 heteroatoms. The fourth-order valence-corrected chi connectivity index (χ4v) is 3.10. The van der Waals surface area contributed by atoms with E-state index in [1.165, 1.54) is 19.4 Å². The summed E-state index contributed by atoms with van der Waals surface area (Å²) in [5, 5.41) is 6.42. The molecule has 2 heterocycles. The largest absolute Gasteiger partial charge is 0.397 e. The first-order chi connectivity index (χ1) is 9.65. The van der Waals surface area contributed by atoms with E-state index >= 15 is 0 Å². The first-order valence-electron chi connectivity index (χ1n) is 7.37. The number of hydrogen-bond acceptors (Lipinski definition) is 4. The van der Waals surface area contributed by atoms with Crippen molar-refractivity contribution in [2.45, 2.75) is 32.2 Å². The summed E-state index contributed by atoms with van der Waals surface area (Å²) in [6.07, 6.45) is 2.82. The van der Waals surface area contributed by atoms with E-state index in [0.29, 0.717) is 12.5 Å². The molecule has 20 heavy (non-hydrogen) atoms. The Morgan fingerprint density at radius 2 is 2.35 bits per heavy atom. The highest BCUT2D eigenvalue weighted by molar-refractivity contribution is 6.00. The van der Waals surface area contributed by atoms with Gasteiger partial charge in [0.1, 0.15) is 0 Å². The van der Waals surface area contributed by atoms with Gasteiger partial charge in [-0.15, -0.1) is 0 Å². The van der Waals surface area contributed by atoms with Crippen LogP contribution in [-0.4, -0.2) is 36.5 Å². The van der Waals surface area contributed by atoms with Gasteiger partial charge in [-0.25, -0.2) is 0 Å². The van der Waals surface area contributed by atoms with Crippen molar-refractivity contribution in [3.63, 3.8) is 0 Å². The maximum absolute atomic E-state index is 11.4. The topological polar surface area (TPSA) is 70.4 Å². The Hall–Kier alpha value is -1.75. The zero-order valence-corrected chi connectivity index (χ0v) is 11.9. The van der Waals surface area contributed by atoms with Gasteiger partial charge in [-0.1, -0.05) is 6.92 Å². The minimum absolute atomic E-state index is 0.0476. The average molecular weight is 274 g/mol. The fraction of sp³-hybridized carbons (Fsp3) is 0.533. The number of nitrogens with zero attached hydrogens (tertiary/aromatic N) is 1. The van der Waals surface area contributed by atoms with Gasteiger partial charge < -0.3 is 21.3 Å². The quantitative estimate of drug-likeness (QED) is 0.733. The van der Waals surface area contributed by atoms with Crippen LogP contribution in [0.3, 0.4) is 0 Å². The van der Waals surface area contributed by atoms with E-state index in [1.807, 2.05) is 12.1 Å². The lowest BCUT2D eigenvalue weighted by Crippen LogP contribution is -2.41. The molecule has 0 saturated carbocycles. The van der Waals surface area contributed by atoms with Crippen LogP contribution in [0.15, 0.2) is 12.1 Å². The lowest BCUT2D eigenvalue weighted by atomic mass is 10.0. The van der Waals surface area contributed by atoms with E-state index in [0.717, 1.165) is 35.7 Å². The Morgan fingerprint density at radius 3 is 3.15 bits per heavy atom. The van der Waals surface area contributed by atoms with Crippen molar-refractivity contribution in [3.8, 4) is 0 Å². The van der Waals surface area contributed by atoms with Crippen molar-refractivity contribution in [2.75, 3.05) is 36.0 Å². The predicted molar refractivity (Wildman–Crippen MR) is 81.9 cm³/mol. The minimum atomic E-state index is 0.0476. The third-order valence-corrected chi connectivity index (χ3v) is 4.21. The third-order valence-electron chi connectivity index (χ3n) is 4.21. The molecule has 3 rings (SSSR count). The lowest BCUT2D eigenvalue weighted by Gasteiger charge is -2.33. The number of nitrogen functional groups attached to an aromatic ring is 1. The minimum Gasteiger partial charge on any atom is -0.397 e. The number of benzene rings is 1. The Labute approximate surface area is 119 Å². The van der Waals surface area contributed by atoms with Gasteiger partial charge >= 0.3 is 0 Å². The molecule has 2 aliphatic heterocycles. The van der Waals surface area contributed by atoms with Crippen LogP contribution < -0.4 is 16.4 Å². The molecule has 1 aromatic carbocycles. The average Bonchev–Trinajstić information content (AvgIpc) is 2.78. The normalized spacial score (nSPS) is 22.4. The molecule has 1 unspecified atom stereocenters. The molecule has 0 radical (unpaired) electrons. The van der Waals surface area contributed by atoms with Crippen LogP contribution in [0.5, 0.6) is 0 Å². The van der Waals surface area contributed by atoms with Crippen LogP contribution in [-0.2, 0) is 11.2 Å². The van der Waals surface area contributed by atoms with Gasteiger partial charge in [0.2, 0.25) is 5.91 Å². The first kappa shape index (κ1) is 13.2. The molecule has 4 N–H and O–H groups in total. The van der Waals surface area contributed by atoms with Gasteiger partial charge in [0.05, 0.1) is 17.8 Å². The summed E-state index contributed by atoms with van der Waals surface area (Å²) >= 11 is 0. The molecule has 2 aliphatic rings. The third kappa shape index (κ3) is 2.58. The molecule has 108 valence electrons. The number of likely N-dealkylation sites (N-methyl/N-ethyl adjacent to an activating group) is 1. The van der Waals surface area contributed by atoms with E-state index in [-0.39, 0.29) is 5.91 Å². The Kier molecular flexibility index (Phi) is 3.53. The molecule has 5 nitrogen and oxygen atoms in total. The van der Waals surface area contributed by atoms with Crippen LogP contribution in [0.1, 0.15) is 25.3 Å². The number of nitrogens with one attached hydrogen (secondary N) is 2. The van der Waals surface area contributed by atoms with Crippen LogP contribution in [0.4, 0.5) is 17.1 Å². The first-order valence-corrected chi connectivity index (χ1v) is 7.37. The summed E-state index contributed by atoms with van der Waals surface area (Å²) < 4.78 is 0. The second kappa shape index (κ2) is 5.32. The number of carbonyl (C=O) groups excluding carboxylic acids is 1. The number of fused-ring (bicyclic) bond motifs is 1. The summed E-state index contributed by atoms with van der Waals surface area (Å²) in [4.78, 5) is 13.9.